The van der Waals surface area contributed by atoms with Gasteiger partial charge in [0.2, 0.25) is 0 Å². The van der Waals surface area contributed by atoms with Crippen LogP contribution < -0.4 is 10.6 Å². The molecule has 0 aromatic carbocycles. The third kappa shape index (κ3) is 6.81. The number of guanidine groups is 1. The van der Waals surface area contributed by atoms with E-state index < -0.39 is 0 Å². The Bertz CT molecular complexity index is 391. The fourth-order valence-electron chi connectivity index (χ4n) is 3.56. The van der Waals surface area contributed by atoms with Gasteiger partial charge in [-0.05, 0) is 38.4 Å². The van der Waals surface area contributed by atoms with E-state index in [4.69, 9.17) is 9.73 Å². The topological polar surface area (TPSA) is 48.9 Å². The Hall–Kier alpha value is -0.460. The number of hydrogen-bond donors (Lipinski definition) is 2. The quantitative estimate of drug-likeness (QED) is 0.541. The summed E-state index contributed by atoms with van der Waals surface area (Å²) in [6.45, 7) is 12.3. The summed E-state index contributed by atoms with van der Waals surface area (Å²) in [4.78, 5) is 7.31. The molecule has 1 heterocycles. The number of nitrogens with one attached hydrogen (secondary N) is 2. The predicted octanol–water partition coefficient (Wildman–Crippen LogP) is 2.18. The van der Waals surface area contributed by atoms with Crippen LogP contribution in [0, 0.1) is 5.92 Å². The van der Waals surface area contributed by atoms with E-state index >= 15 is 0 Å². The largest absolute Gasteiger partial charge is 0.374 e. The SMILES string of the molecule is CCNC(=NCC1CN(CC(C)C)CCO1)NC1CCC(SC)C1. The minimum Gasteiger partial charge on any atom is -0.374 e. The third-order valence-electron chi connectivity index (χ3n) is 4.70. The van der Waals surface area contributed by atoms with Gasteiger partial charge in [-0.25, -0.2) is 0 Å². The molecule has 2 rings (SSSR count). The Morgan fingerprint density at radius 3 is 2.88 bits per heavy atom. The van der Waals surface area contributed by atoms with E-state index in [1.54, 1.807) is 0 Å². The zero-order chi connectivity index (χ0) is 17.4. The first kappa shape index (κ1) is 19.9. The highest BCUT2D eigenvalue weighted by molar-refractivity contribution is 7.99. The van der Waals surface area contributed by atoms with Crippen LogP contribution in [0.15, 0.2) is 4.99 Å². The van der Waals surface area contributed by atoms with Gasteiger partial charge in [0.1, 0.15) is 0 Å². The predicted molar refractivity (Wildman–Crippen MR) is 105 cm³/mol. The van der Waals surface area contributed by atoms with Gasteiger partial charge in [-0.2, -0.15) is 11.8 Å². The van der Waals surface area contributed by atoms with Gasteiger partial charge in [0.25, 0.3) is 0 Å². The molecule has 0 amide bonds. The van der Waals surface area contributed by atoms with Crippen molar-refractivity contribution in [3.63, 3.8) is 0 Å². The number of ether oxygens (including phenoxy) is 1. The summed E-state index contributed by atoms with van der Waals surface area (Å²) in [6.07, 6.45) is 6.24. The number of nitrogens with zero attached hydrogens (tertiary/aromatic N) is 2. The molecule has 3 atom stereocenters. The number of rotatable bonds is 7. The zero-order valence-corrected chi connectivity index (χ0v) is 16.7. The van der Waals surface area contributed by atoms with Crippen molar-refractivity contribution in [2.24, 2.45) is 10.9 Å². The molecule has 0 aromatic heterocycles. The van der Waals surface area contributed by atoms with E-state index in [0.717, 1.165) is 50.5 Å². The fraction of sp³-hybridized carbons (Fsp3) is 0.944. The average molecular weight is 357 g/mol. The minimum atomic E-state index is 0.218. The first-order valence-electron chi connectivity index (χ1n) is 9.52. The molecular formula is C18H36N4OS. The third-order valence-corrected chi connectivity index (χ3v) is 5.80. The molecule has 5 nitrogen and oxygen atoms in total. The monoisotopic (exact) mass is 356 g/mol. The Kier molecular flexibility index (Phi) is 8.70. The van der Waals surface area contributed by atoms with Gasteiger partial charge >= 0.3 is 0 Å². The highest BCUT2D eigenvalue weighted by Crippen LogP contribution is 2.28. The van der Waals surface area contributed by atoms with Gasteiger partial charge in [-0.3, -0.25) is 9.89 Å². The first-order valence-corrected chi connectivity index (χ1v) is 10.8. The van der Waals surface area contributed by atoms with E-state index in [1.807, 2.05) is 11.8 Å². The Balaban J connectivity index is 1.81. The fourth-order valence-corrected chi connectivity index (χ4v) is 4.36. The van der Waals surface area contributed by atoms with Crippen molar-refractivity contribution in [1.82, 2.24) is 15.5 Å². The lowest BCUT2D eigenvalue weighted by Crippen LogP contribution is -2.46. The second kappa shape index (κ2) is 10.5. The van der Waals surface area contributed by atoms with Crippen LogP contribution in [0.25, 0.3) is 0 Å². The van der Waals surface area contributed by atoms with Crippen LogP contribution in [0.2, 0.25) is 0 Å². The smallest absolute Gasteiger partial charge is 0.191 e. The van der Waals surface area contributed by atoms with Gasteiger partial charge in [0.15, 0.2) is 5.96 Å². The highest BCUT2D eigenvalue weighted by atomic mass is 32.2. The highest BCUT2D eigenvalue weighted by Gasteiger charge is 2.25. The number of thioether (sulfide) groups is 1. The van der Waals surface area contributed by atoms with Crippen LogP contribution in [-0.2, 0) is 4.74 Å². The van der Waals surface area contributed by atoms with Crippen molar-refractivity contribution in [2.75, 3.05) is 45.6 Å². The van der Waals surface area contributed by atoms with Crippen molar-refractivity contribution in [3.8, 4) is 0 Å². The number of hydrogen-bond acceptors (Lipinski definition) is 4. The summed E-state index contributed by atoms with van der Waals surface area (Å²) < 4.78 is 5.92. The molecule has 2 N–H and O–H groups in total. The van der Waals surface area contributed by atoms with Crippen molar-refractivity contribution in [3.05, 3.63) is 0 Å². The maximum atomic E-state index is 5.92. The number of aliphatic imine (C=N–C) groups is 1. The Morgan fingerprint density at radius 1 is 1.38 bits per heavy atom. The molecule has 1 aliphatic heterocycles. The molecule has 2 fully saturated rings. The summed E-state index contributed by atoms with van der Waals surface area (Å²) in [6, 6.07) is 0.560. The normalized spacial score (nSPS) is 29.2. The standard InChI is InChI=1S/C18H36N4OS/c1-5-19-18(21-15-6-7-17(10-15)24-4)20-11-16-13-22(8-9-23-16)12-14(2)3/h14-17H,5-13H2,1-4H3,(H2,19,20,21). The van der Waals surface area contributed by atoms with E-state index in [-0.39, 0.29) is 6.10 Å². The van der Waals surface area contributed by atoms with Crippen LogP contribution in [0.4, 0.5) is 0 Å². The van der Waals surface area contributed by atoms with Gasteiger partial charge in [0, 0.05) is 37.5 Å². The molecule has 0 aromatic rings. The number of morpholine rings is 1. The van der Waals surface area contributed by atoms with Crippen LogP contribution in [0.1, 0.15) is 40.0 Å². The minimum absolute atomic E-state index is 0.218. The molecule has 6 heteroatoms. The molecule has 3 unspecified atom stereocenters. The summed E-state index contributed by atoms with van der Waals surface area (Å²) >= 11 is 1.99. The summed E-state index contributed by atoms with van der Waals surface area (Å²) in [7, 11) is 0. The second-order valence-corrected chi connectivity index (χ2v) is 8.52. The maximum absolute atomic E-state index is 5.92. The lowest BCUT2D eigenvalue weighted by Gasteiger charge is -2.33. The lowest BCUT2D eigenvalue weighted by atomic mass is 10.2. The average Bonchev–Trinajstić information content (AvgIpc) is 3.00. The van der Waals surface area contributed by atoms with Gasteiger partial charge in [-0.1, -0.05) is 13.8 Å². The molecule has 0 spiro atoms. The van der Waals surface area contributed by atoms with Crippen LogP contribution in [-0.4, -0.2) is 73.8 Å². The van der Waals surface area contributed by atoms with Crippen molar-refractivity contribution in [1.29, 1.82) is 0 Å². The second-order valence-electron chi connectivity index (χ2n) is 7.38. The van der Waals surface area contributed by atoms with E-state index in [9.17, 15) is 0 Å². The van der Waals surface area contributed by atoms with Crippen LogP contribution >= 0.6 is 11.8 Å². The molecule has 2 aliphatic rings. The molecule has 24 heavy (non-hydrogen) atoms. The first-order chi connectivity index (χ1) is 11.6. The molecule has 1 saturated carbocycles. The maximum Gasteiger partial charge on any atom is 0.191 e. The molecular weight excluding hydrogens is 320 g/mol. The zero-order valence-electron chi connectivity index (χ0n) is 15.9. The molecule has 0 radical (unpaired) electrons. The van der Waals surface area contributed by atoms with Gasteiger partial charge in [0.05, 0.1) is 19.3 Å². The summed E-state index contributed by atoms with van der Waals surface area (Å²) in [5.41, 5.74) is 0. The van der Waals surface area contributed by atoms with Crippen molar-refractivity contribution >= 4 is 17.7 Å². The van der Waals surface area contributed by atoms with Crippen LogP contribution in [0.3, 0.4) is 0 Å². The van der Waals surface area contributed by atoms with Gasteiger partial charge in [-0.15, -0.1) is 0 Å². The van der Waals surface area contributed by atoms with Crippen molar-refractivity contribution in [2.45, 2.75) is 57.4 Å². The Morgan fingerprint density at radius 2 is 2.21 bits per heavy atom. The van der Waals surface area contributed by atoms with E-state index in [2.05, 4.69) is 42.6 Å². The summed E-state index contributed by atoms with van der Waals surface area (Å²) in [5, 5.41) is 7.81. The molecule has 140 valence electrons. The molecule has 1 saturated heterocycles. The van der Waals surface area contributed by atoms with Crippen LogP contribution in [0.5, 0.6) is 0 Å². The summed E-state index contributed by atoms with van der Waals surface area (Å²) in [5.74, 6) is 1.66. The van der Waals surface area contributed by atoms with Gasteiger partial charge < -0.3 is 15.4 Å². The Labute approximate surface area is 152 Å². The van der Waals surface area contributed by atoms with Crippen molar-refractivity contribution < 1.29 is 4.74 Å². The lowest BCUT2D eigenvalue weighted by molar-refractivity contribution is -0.0262. The van der Waals surface area contributed by atoms with E-state index in [1.165, 1.54) is 19.3 Å². The van der Waals surface area contributed by atoms with E-state index in [0.29, 0.717) is 12.0 Å². The molecule has 1 aliphatic carbocycles. The molecule has 0 bridgehead atoms.